The summed E-state index contributed by atoms with van der Waals surface area (Å²) in [5.41, 5.74) is 2.81. The highest BCUT2D eigenvalue weighted by atomic mass is 28.3. The highest BCUT2D eigenvalue weighted by Crippen LogP contribution is 2.16. The third kappa shape index (κ3) is 6.49. The maximum absolute atomic E-state index is 11.7. The maximum Gasteiger partial charge on any atom is 0.454 e. The minimum atomic E-state index is -4.79. The lowest BCUT2D eigenvalue weighted by Gasteiger charge is -2.02. The van der Waals surface area contributed by atoms with Gasteiger partial charge in [-0.3, -0.25) is 4.79 Å². The van der Waals surface area contributed by atoms with Crippen molar-refractivity contribution in [3.05, 3.63) is 12.2 Å². The van der Waals surface area contributed by atoms with Crippen molar-refractivity contribution in [1.29, 1.82) is 0 Å². The maximum atomic E-state index is 11.7. The summed E-state index contributed by atoms with van der Waals surface area (Å²) in [5.74, 6) is 0.566. The minimum Gasteiger partial charge on any atom is -0.285 e. The molecule has 0 N–H and O–H groups in total. The average molecular weight is 220 g/mol. The molecule has 0 amide bonds. The summed E-state index contributed by atoms with van der Waals surface area (Å²) in [7, 11) is -1.58. The van der Waals surface area contributed by atoms with Gasteiger partial charge in [0.2, 0.25) is 0 Å². The van der Waals surface area contributed by atoms with Gasteiger partial charge in [0.15, 0.2) is 0 Å². The second-order valence-corrected chi connectivity index (χ2v) is 8.46. The van der Waals surface area contributed by atoms with Crippen molar-refractivity contribution in [3.63, 3.8) is 0 Å². The van der Waals surface area contributed by atoms with Gasteiger partial charge in [-0.15, -0.1) is 5.54 Å². The fourth-order valence-electron chi connectivity index (χ4n) is 0.470. The molecule has 78 valence electrons. The summed E-state index contributed by atoms with van der Waals surface area (Å²) >= 11 is 0. The lowest BCUT2D eigenvalue weighted by molar-refractivity contribution is -0.165. The molecule has 5 heteroatoms. The Bertz CT molecular complexity index is 299. The molecule has 0 saturated heterocycles. The summed E-state index contributed by atoms with van der Waals surface area (Å²) in [6, 6.07) is 0. The second-order valence-electron chi connectivity index (χ2n) is 3.71. The Labute approximate surface area is 82.0 Å². The van der Waals surface area contributed by atoms with Crippen LogP contribution < -0.4 is 0 Å². The number of alkyl halides is 3. The Morgan fingerprint density at radius 1 is 1.29 bits per heavy atom. The lowest BCUT2D eigenvalue weighted by atomic mass is 10.3. The standard InChI is InChI=1S/C9H11F3OSi/c1-14(2,3)7-5-4-6-8(13)9(10,11)12/h4,6H,1-3H3/b6-4+. The number of rotatable bonds is 1. The van der Waals surface area contributed by atoms with Gasteiger partial charge in [0.05, 0.1) is 0 Å². The van der Waals surface area contributed by atoms with E-state index >= 15 is 0 Å². The van der Waals surface area contributed by atoms with E-state index in [4.69, 9.17) is 0 Å². The first-order chi connectivity index (χ1) is 6.13. The van der Waals surface area contributed by atoms with E-state index < -0.39 is 20.0 Å². The average Bonchev–Trinajstić information content (AvgIpc) is 1.93. The molecule has 0 rings (SSSR count). The van der Waals surface area contributed by atoms with Gasteiger partial charge in [-0.05, 0) is 12.2 Å². The number of carbonyl (C=O) groups is 1. The van der Waals surface area contributed by atoms with Crippen LogP contribution in [0.1, 0.15) is 0 Å². The molecular weight excluding hydrogens is 209 g/mol. The second kappa shape index (κ2) is 4.47. The van der Waals surface area contributed by atoms with E-state index in [1.54, 1.807) is 0 Å². The Morgan fingerprint density at radius 3 is 2.14 bits per heavy atom. The van der Waals surface area contributed by atoms with Crippen molar-refractivity contribution >= 4 is 13.9 Å². The molecule has 0 unspecified atom stereocenters. The SMILES string of the molecule is C[Si](C)(C)C#C/C=C/C(=O)C(F)(F)F. The molecule has 1 nitrogen and oxygen atoms in total. The first kappa shape index (κ1) is 13.0. The molecular formula is C9H11F3OSi. The van der Waals surface area contributed by atoms with Crippen LogP contribution in [0.3, 0.4) is 0 Å². The number of ketones is 1. The molecule has 0 aliphatic heterocycles. The predicted octanol–water partition coefficient (Wildman–Crippen LogP) is 2.55. The third-order valence-electron chi connectivity index (χ3n) is 1.04. The largest absolute Gasteiger partial charge is 0.454 e. The number of hydrogen-bond donors (Lipinski definition) is 0. The van der Waals surface area contributed by atoms with Crippen molar-refractivity contribution in [3.8, 4) is 11.5 Å². The van der Waals surface area contributed by atoms with Gasteiger partial charge in [0.1, 0.15) is 8.07 Å². The van der Waals surface area contributed by atoms with Crippen LogP contribution in [0.5, 0.6) is 0 Å². The van der Waals surface area contributed by atoms with Crippen LogP contribution in [-0.4, -0.2) is 20.0 Å². The van der Waals surface area contributed by atoms with Gasteiger partial charge in [-0.2, -0.15) is 13.2 Å². The molecule has 0 saturated carbocycles. The van der Waals surface area contributed by atoms with E-state index in [9.17, 15) is 18.0 Å². The van der Waals surface area contributed by atoms with Gasteiger partial charge in [0, 0.05) is 0 Å². The molecule has 0 heterocycles. The zero-order chi connectivity index (χ0) is 11.4. The Kier molecular flexibility index (Phi) is 4.14. The van der Waals surface area contributed by atoms with E-state index in [1.165, 1.54) is 0 Å². The fraction of sp³-hybridized carbons (Fsp3) is 0.444. The van der Waals surface area contributed by atoms with Gasteiger partial charge in [-0.25, -0.2) is 0 Å². The van der Waals surface area contributed by atoms with Gasteiger partial charge in [-0.1, -0.05) is 25.6 Å². The molecule has 0 aliphatic carbocycles. The molecule has 0 aromatic heterocycles. The van der Waals surface area contributed by atoms with Gasteiger partial charge in [0.25, 0.3) is 5.78 Å². The van der Waals surface area contributed by atoms with Crippen molar-refractivity contribution in [2.24, 2.45) is 0 Å². The predicted molar refractivity (Wildman–Crippen MR) is 51.3 cm³/mol. The zero-order valence-electron chi connectivity index (χ0n) is 8.20. The summed E-state index contributed by atoms with van der Waals surface area (Å²) < 4.78 is 35.0. The highest BCUT2D eigenvalue weighted by molar-refractivity contribution is 6.83. The van der Waals surface area contributed by atoms with E-state index in [0.29, 0.717) is 6.08 Å². The van der Waals surface area contributed by atoms with Gasteiger partial charge < -0.3 is 0 Å². The van der Waals surface area contributed by atoms with E-state index in [1.807, 2.05) is 19.6 Å². The molecule has 0 aromatic carbocycles. The number of carbonyl (C=O) groups excluding carboxylic acids is 1. The van der Waals surface area contributed by atoms with E-state index in [0.717, 1.165) is 6.08 Å². The summed E-state index contributed by atoms with van der Waals surface area (Å²) in [6.07, 6.45) is -3.39. The molecule has 14 heavy (non-hydrogen) atoms. The third-order valence-corrected chi connectivity index (χ3v) is 1.94. The normalized spacial score (nSPS) is 12.4. The smallest absolute Gasteiger partial charge is 0.285 e. The molecule has 0 radical (unpaired) electrons. The van der Waals surface area contributed by atoms with Crippen LogP contribution in [0.15, 0.2) is 12.2 Å². The number of allylic oxidation sites excluding steroid dienone is 2. The van der Waals surface area contributed by atoms with Crippen molar-refractivity contribution < 1.29 is 18.0 Å². The first-order valence-corrected chi connectivity index (χ1v) is 7.43. The molecule has 0 spiro atoms. The van der Waals surface area contributed by atoms with Crippen LogP contribution >= 0.6 is 0 Å². The van der Waals surface area contributed by atoms with Crippen molar-refractivity contribution in [2.45, 2.75) is 25.8 Å². The first-order valence-electron chi connectivity index (χ1n) is 3.93. The van der Waals surface area contributed by atoms with Crippen LogP contribution in [0.25, 0.3) is 0 Å². The Balaban J connectivity index is 4.34. The lowest BCUT2D eigenvalue weighted by Crippen LogP contribution is -2.19. The minimum absolute atomic E-state index is 0.452. The van der Waals surface area contributed by atoms with Crippen molar-refractivity contribution in [2.75, 3.05) is 0 Å². The van der Waals surface area contributed by atoms with Crippen LogP contribution in [0.2, 0.25) is 19.6 Å². The molecule has 0 aliphatic rings. The molecule has 0 fully saturated rings. The number of hydrogen-bond acceptors (Lipinski definition) is 1. The van der Waals surface area contributed by atoms with Crippen LogP contribution in [0, 0.1) is 11.5 Å². The monoisotopic (exact) mass is 220 g/mol. The van der Waals surface area contributed by atoms with Gasteiger partial charge >= 0.3 is 6.18 Å². The highest BCUT2D eigenvalue weighted by Gasteiger charge is 2.35. The topological polar surface area (TPSA) is 17.1 Å². The summed E-state index contributed by atoms with van der Waals surface area (Å²) in [5, 5.41) is 0. The van der Waals surface area contributed by atoms with Crippen LogP contribution in [-0.2, 0) is 4.79 Å². The van der Waals surface area contributed by atoms with E-state index in [-0.39, 0.29) is 0 Å². The Morgan fingerprint density at radius 2 is 1.79 bits per heavy atom. The van der Waals surface area contributed by atoms with Crippen molar-refractivity contribution in [1.82, 2.24) is 0 Å². The fourth-order valence-corrected chi connectivity index (χ4v) is 0.986. The quantitative estimate of drug-likeness (QED) is 0.377. The summed E-state index contributed by atoms with van der Waals surface area (Å²) in [6.45, 7) is 5.87. The Hall–Kier alpha value is -1.02. The van der Waals surface area contributed by atoms with Crippen LogP contribution in [0.4, 0.5) is 13.2 Å². The summed E-state index contributed by atoms with van der Waals surface area (Å²) in [4.78, 5) is 10.3. The zero-order valence-corrected chi connectivity index (χ0v) is 9.20. The number of halogens is 3. The molecule has 0 aromatic rings. The van der Waals surface area contributed by atoms with E-state index in [2.05, 4.69) is 11.5 Å². The molecule has 0 bridgehead atoms. The molecule has 0 atom stereocenters.